The summed E-state index contributed by atoms with van der Waals surface area (Å²) in [5, 5.41) is 3.36. The summed E-state index contributed by atoms with van der Waals surface area (Å²) in [7, 11) is 0. The molecule has 0 aliphatic rings. The van der Waals surface area contributed by atoms with Gasteiger partial charge in [0.1, 0.15) is 5.82 Å². The van der Waals surface area contributed by atoms with E-state index in [1.165, 1.54) is 4.88 Å². The van der Waals surface area contributed by atoms with Gasteiger partial charge in [0.15, 0.2) is 0 Å². The summed E-state index contributed by atoms with van der Waals surface area (Å²) in [4.78, 5) is 2.41. The van der Waals surface area contributed by atoms with Crippen LogP contribution in [0.3, 0.4) is 0 Å². The zero-order valence-electron chi connectivity index (χ0n) is 11.0. The van der Waals surface area contributed by atoms with E-state index in [0.29, 0.717) is 0 Å². The van der Waals surface area contributed by atoms with Gasteiger partial charge in [0, 0.05) is 15.3 Å². The summed E-state index contributed by atoms with van der Waals surface area (Å²) in [6, 6.07) is 9.55. The smallest absolute Gasteiger partial charge is 0.128 e. The number of benzene rings is 1. The molecule has 96 valence electrons. The van der Waals surface area contributed by atoms with Crippen LogP contribution in [0.2, 0.25) is 0 Å². The summed E-state index contributed by atoms with van der Waals surface area (Å²) in [6.07, 6.45) is 0. The monoisotopic (exact) mass is 263 g/mol. The van der Waals surface area contributed by atoms with Gasteiger partial charge >= 0.3 is 0 Å². The second-order valence-corrected chi connectivity index (χ2v) is 5.78. The second-order valence-electron chi connectivity index (χ2n) is 4.46. The van der Waals surface area contributed by atoms with Gasteiger partial charge in [0.25, 0.3) is 0 Å². The maximum absolute atomic E-state index is 14.1. The maximum atomic E-state index is 14.1. The van der Waals surface area contributed by atoms with Gasteiger partial charge in [-0.25, -0.2) is 4.39 Å². The van der Waals surface area contributed by atoms with Gasteiger partial charge in [-0.1, -0.05) is 19.1 Å². The number of hydrogen-bond acceptors (Lipinski definition) is 2. The maximum Gasteiger partial charge on any atom is 0.128 e. The molecular formula is C15H18FNS. The molecule has 0 radical (unpaired) electrons. The van der Waals surface area contributed by atoms with Gasteiger partial charge in [0.05, 0.1) is 6.04 Å². The summed E-state index contributed by atoms with van der Waals surface area (Å²) in [6.45, 7) is 6.83. The average Bonchev–Trinajstić information content (AvgIpc) is 2.73. The topological polar surface area (TPSA) is 12.0 Å². The summed E-state index contributed by atoms with van der Waals surface area (Å²) >= 11 is 1.71. The molecule has 0 spiro atoms. The van der Waals surface area contributed by atoms with E-state index in [0.717, 1.165) is 22.5 Å². The Balaban J connectivity index is 2.41. The molecule has 2 aromatic rings. The molecule has 1 atom stereocenters. The van der Waals surface area contributed by atoms with E-state index in [1.807, 2.05) is 26.0 Å². The quantitative estimate of drug-likeness (QED) is 0.871. The molecular weight excluding hydrogens is 245 g/mol. The molecule has 0 saturated carbocycles. The lowest BCUT2D eigenvalue weighted by molar-refractivity contribution is 0.562. The Bertz CT molecular complexity index is 533. The molecule has 0 aliphatic carbocycles. The van der Waals surface area contributed by atoms with Crippen molar-refractivity contribution in [3.63, 3.8) is 0 Å². The molecule has 1 heterocycles. The SMILES string of the molecule is CCNC(c1ccc(C)s1)c1ccc(C)cc1F. The van der Waals surface area contributed by atoms with Gasteiger partial charge < -0.3 is 5.32 Å². The van der Waals surface area contributed by atoms with Crippen LogP contribution in [0.5, 0.6) is 0 Å². The Morgan fingerprint density at radius 3 is 2.56 bits per heavy atom. The van der Waals surface area contributed by atoms with Crippen molar-refractivity contribution in [3.05, 3.63) is 57.0 Å². The highest BCUT2D eigenvalue weighted by Gasteiger charge is 2.18. The molecule has 0 bridgehead atoms. The van der Waals surface area contributed by atoms with Crippen LogP contribution in [-0.4, -0.2) is 6.54 Å². The van der Waals surface area contributed by atoms with Crippen molar-refractivity contribution < 1.29 is 4.39 Å². The highest BCUT2D eigenvalue weighted by molar-refractivity contribution is 7.12. The zero-order chi connectivity index (χ0) is 13.1. The van der Waals surface area contributed by atoms with Crippen molar-refractivity contribution in [2.75, 3.05) is 6.54 Å². The van der Waals surface area contributed by atoms with Gasteiger partial charge in [-0.2, -0.15) is 0 Å². The minimum absolute atomic E-state index is 0.0469. The van der Waals surface area contributed by atoms with Gasteiger partial charge in [0.2, 0.25) is 0 Å². The van der Waals surface area contributed by atoms with E-state index >= 15 is 0 Å². The van der Waals surface area contributed by atoms with E-state index in [9.17, 15) is 4.39 Å². The first-order valence-electron chi connectivity index (χ1n) is 6.17. The molecule has 1 nitrogen and oxygen atoms in total. The first-order valence-corrected chi connectivity index (χ1v) is 6.99. The molecule has 3 heteroatoms. The minimum atomic E-state index is -0.132. The number of aryl methyl sites for hydroxylation is 2. The van der Waals surface area contributed by atoms with Gasteiger partial charge in [-0.05, 0) is 44.2 Å². The Morgan fingerprint density at radius 1 is 1.22 bits per heavy atom. The van der Waals surface area contributed by atoms with Crippen LogP contribution >= 0.6 is 11.3 Å². The third-order valence-electron chi connectivity index (χ3n) is 2.92. The Kier molecular flexibility index (Phi) is 4.15. The van der Waals surface area contributed by atoms with E-state index in [2.05, 4.69) is 24.4 Å². The number of rotatable bonds is 4. The summed E-state index contributed by atoms with van der Waals surface area (Å²) in [5.41, 5.74) is 1.68. The van der Waals surface area contributed by atoms with Crippen molar-refractivity contribution in [2.24, 2.45) is 0 Å². The van der Waals surface area contributed by atoms with Crippen molar-refractivity contribution in [3.8, 4) is 0 Å². The van der Waals surface area contributed by atoms with Crippen LogP contribution < -0.4 is 5.32 Å². The van der Waals surface area contributed by atoms with E-state index in [1.54, 1.807) is 17.4 Å². The molecule has 1 N–H and O–H groups in total. The van der Waals surface area contributed by atoms with Crippen LogP contribution in [0.1, 0.15) is 33.8 Å². The predicted molar refractivity (Wildman–Crippen MR) is 75.7 cm³/mol. The molecule has 0 amide bonds. The molecule has 18 heavy (non-hydrogen) atoms. The summed E-state index contributed by atoms with van der Waals surface area (Å²) in [5.74, 6) is -0.132. The van der Waals surface area contributed by atoms with E-state index < -0.39 is 0 Å². The van der Waals surface area contributed by atoms with Crippen LogP contribution in [-0.2, 0) is 0 Å². The third-order valence-corrected chi connectivity index (χ3v) is 3.99. The molecule has 0 fully saturated rings. The van der Waals surface area contributed by atoms with Gasteiger partial charge in [-0.15, -0.1) is 11.3 Å². The molecule has 1 aromatic heterocycles. The number of halogens is 1. The standard InChI is InChI=1S/C15H18FNS/c1-4-17-15(14-8-6-11(3)18-14)12-7-5-10(2)9-13(12)16/h5-9,15,17H,4H2,1-3H3. The number of thiophene rings is 1. The minimum Gasteiger partial charge on any atom is -0.306 e. The normalized spacial score (nSPS) is 12.7. The average molecular weight is 263 g/mol. The lowest BCUT2D eigenvalue weighted by Gasteiger charge is -2.18. The van der Waals surface area contributed by atoms with Crippen LogP contribution in [0.4, 0.5) is 4.39 Å². The van der Waals surface area contributed by atoms with Crippen LogP contribution in [0.25, 0.3) is 0 Å². The first-order chi connectivity index (χ1) is 8.61. The summed E-state index contributed by atoms with van der Waals surface area (Å²) < 4.78 is 14.1. The molecule has 1 unspecified atom stereocenters. The van der Waals surface area contributed by atoms with Gasteiger partial charge in [-0.3, -0.25) is 0 Å². The fraction of sp³-hybridized carbons (Fsp3) is 0.333. The first kappa shape index (κ1) is 13.2. The molecule has 2 rings (SSSR count). The van der Waals surface area contributed by atoms with Crippen LogP contribution in [0.15, 0.2) is 30.3 Å². The van der Waals surface area contributed by atoms with Crippen molar-refractivity contribution >= 4 is 11.3 Å². The number of hydrogen-bond donors (Lipinski definition) is 1. The number of nitrogens with one attached hydrogen (secondary N) is 1. The zero-order valence-corrected chi connectivity index (χ0v) is 11.8. The van der Waals surface area contributed by atoms with Crippen molar-refractivity contribution in [1.82, 2.24) is 5.32 Å². The highest BCUT2D eigenvalue weighted by atomic mass is 32.1. The highest BCUT2D eigenvalue weighted by Crippen LogP contribution is 2.30. The fourth-order valence-corrected chi connectivity index (χ4v) is 3.01. The second kappa shape index (κ2) is 5.63. The predicted octanol–water partition coefficient (Wildman–Crippen LogP) is 4.20. The third kappa shape index (κ3) is 2.79. The Hall–Kier alpha value is -1.19. The van der Waals surface area contributed by atoms with Crippen molar-refractivity contribution in [1.29, 1.82) is 0 Å². The largest absolute Gasteiger partial charge is 0.306 e. The Morgan fingerprint density at radius 2 is 2.00 bits per heavy atom. The Labute approximate surface area is 112 Å². The van der Waals surface area contributed by atoms with Crippen LogP contribution in [0, 0.1) is 19.7 Å². The van der Waals surface area contributed by atoms with E-state index in [4.69, 9.17) is 0 Å². The van der Waals surface area contributed by atoms with Crippen molar-refractivity contribution in [2.45, 2.75) is 26.8 Å². The lowest BCUT2D eigenvalue weighted by atomic mass is 10.0. The van der Waals surface area contributed by atoms with E-state index in [-0.39, 0.29) is 11.9 Å². The molecule has 0 saturated heterocycles. The fourth-order valence-electron chi connectivity index (χ4n) is 2.04. The molecule has 0 aliphatic heterocycles. The lowest BCUT2D eigenvalue weighted by Crippen LogP contribution is -2.22. The molecule has 1 aromatic carbocycles.